The second-order valence-corrected chi connectivity index (χ2v) is 7.73. The van der Waals surface area contributed by atoms with Crippen LogP contribution < -0.4 is 10.1 Å². The van der Waals surface area contributed by atoms with Gasteiger partial charge in [0.25, 0.3) is 0 Å². The topological polar surface area (TPSA) is 128 Å². The van der Waals surface area contributed by atoms with E-state index in [9.17, 15) is 9.90 Å². The normalized spacial score (nSPS) is 11.0. The monoisotopic (exact) mass is 456 g/mol. The van der Waals surface area contributed by atoms with Crippen LogP contribution in [0.1, 0.15) is 21.8 Å². The fourth-order valence-corrected chi connectivity index (χ4v) is 3.58. The van der Waals surface area contributed by atoms with Crippen LogP contribution in [-0.4, -0.2) is 35.6 Å². The van der Waals surface area contributed by atoms with Gasteiger partial charge in [-0.05, 0) is 49.7 Å². The van der Waals surface area contributed by atoms with E-state index in [1.54, 1.807) is 13.3 Å². The van der Waals surface area contributed by atoms with Crippen LogP contribution in [0.5, 0.6) is 11.5 Å². The van der Waals surface area contributed by atoms with E-state index in [1.807, 2.05) is 54.9 Å². The molecule has 0 saturated heterocycles. The first-order valence-electron chi connectivity index (χ1n) is 10.4. The maximum atomic E-state index is 11.3. The summed E-state index contributed by atoms with van der Waals surface area (Å²) < 4.78 is 13.6. The fourth-order valence-electron chi connectivity index (χ4n) is 3.58. The molecule has 0 fully saturated rings. The summed E-state index contributed by atoms with van der Waals surface area (Å²) in [5.41, 5.74) is 3.85. The van der Waals surface area contributed by atoms with Crippen molar-refractivity contribution in [2.75, 3.05) is 5.32 Å². The van der Waals surface area contributed by atoms with Crippen molar-refractivity contribution in [1.29, 1.82) is 0 Å². The molecule has 0 aliphatic heterocycles. The van der Waals surface area contributed by atoms with Gasteiger partial charge in [-0.25, -0.2) is 24.7 Å². The summed E-state index contributed by atoms with van der Waals surface area (Å²) in [6.45, 7) is 3.49. The molecular weight excluding hydrogens is 436 g/mol. The summed E-state index contributed by atoms with van der Waals surface area (Å²) in [5.74, 6) is 1.01. The molecule has 0 atom stereocenters. The predicted molar refractivity (Wildman–Crippen MR) is 124 cm³/mol. The van der Waals surface area contributed by atoms with Crippen molar-refractivity contribution in [2.45, 2.75) is 13.8 Å². The first kappa shape index (κ1) is 21.1. The minimum Gasteiger partial charge on any atom is -0.476 e. The number of rotatable bonds is 6. The van der Waals surface area contributed by atoms with Crippen LogP contribution in [0.4, 0.5) is 11.5 Å². The first-order valence-corrected chi connectivity index (χ1v) is 10.4. The molecule has 3 heterocycles. The lowest BCUT2D eigenvalue weighted by Gasteiger charge is -2.12. The Balaban J connectivity index is 1.39. The summed E-state index contributed by atoms with van der Waals surface area (Å²) >= 11 is 0. The van der Waals surface area contributed by atoms with Crippen LogP contribution >= 0.6 is 0 Å². The Bertz CT molecular complexity index is 1540. The number of fused-ring (bicyclic) bond motifs is 1. The molecule has 3 aromatic heterocycles. The van der Waals surface area contributed by atoms with Crippen molar-refractivity contribution in [3.05, 3.63) is 72.3 Å². The van der Waals surface area contributed by atoms with Gasteiger partial charge in [-0.2, -0.15) is 0 Å². The molecule has 0 saturated carbocycles. The van der Waals surface area contributed by atoms with Crippen LogP contribution in [0.2, 0.25) is 0 Å². The van der Waals surface area contributed by atoms with Crippen LogP contribution in [0.15, 0.2) is 59.7 Å². The van der Waals surface area contributed by atoms with Crippen molar-refractivity contribution >= 4 is 28.5 Å². The number of hydrogen-bond donors (Lipinski definition) is 2. The Hall–Kier alpha value is -4.73. The summed E-state index contributed by atoms with van der Waals surface area (Å²) in [5, 5.41) is 12.5. The number of carboxylic acids is 1. The number of carboxylic acid groups (broad SMARTS) is 1. The smallest absolute Gasteiger partial charge is 0.358 e. The quantitative estimate of drug-likeness (QED) is 0.368. The number of imidazole rings is 1. The molecule has 0 radical (unpaired) electrons. The number of anilines is 2. The number of oxazole rings is 1. The number of nitrogens with zero attached hydrogens (tertiary/aromatic N) is 5. The van der Waals surface area contributed by atoms with Crippen LogP contribution in [0.3, 0.4) is 0 Å². The molecule has 0 aliphatic carbocycles. The maximum Gasteiger partial charge on any atom is 0.358 e. The molecule has 10 nitrogen and oxygen atoms in total. The van der Waals surface area contributed by atoms with E-state index in [1.165, 1.54) is 12.5 Å². The van der Waals surface area contributed by atoms with Gasteiger partial charge in [0.1, 0.15) is 29.4 Å². The molecule has 0 spiro atoms. The molecule has 0 amide bonds. The zero-order valence-electron chi connectivity index (χ0n) is 18.6. The Labute approximate surface area is 193 Å². The summed E-state index contributed by atoms with van der Waals surface area (Å²) in [7, 11) is 1.95. The van der Waals surface area contributed by atoms with E-state index in [0.29, 0.717) is 22.9 Å². The highest BCUT2D eigenvalue weighted by Crippen LogP contribution is 2.32. The second kappa shape index (κ2) is 8.32. The Morgan fingerprint density at radius 3 is 2.76 bits per heavy atom. The fraction of sp³-hybridized carbons (Fsp3) is 0.125. The number of aryl methyl sites for hydroxylation is 3. The zero-order valence-corrected chi connectivity index (χ0v) is 18.6. The van der Waals surface area contributed by atoms with Gasteiger partial charge in [-0.15, -0.1) is 0 Å². The highest BCUT2D eigenvalue weighted by molar-refractivity contribution is 5.87. The lowest BCUT2D eigenvalue weighted by atomic mass is 10.2. The molecule has 0 aliphatic rings. The molecule has 10 heteroatoms. The first-order chi connectivity index (χ1) is 16.4. The average Bonchev–Trinajstić information content (AvgIpc) is 3.38. The van der Waals surface area contributed by atoms with Crippen molar-refractivity contribution in [2.24, 2.45) is 7.05 Å². The van der Waals surface area contributed by atoms with Gasteiger partial charge in [-0.1, -0.05) is 0 Å². The molecule has 5 aromatic rings. The highest BCUT2D eigenvalue weighted by Gasteiger charge is 2.20. The number of aromatic nitrogens is 5. The zero-order chi connectivity index (χ0) is 23.8. The largest absolute Gasteiger partial charge is 0.476 e. The van der Waals surface area contributed by atoms with Crippen molar-refractivity contribution in [3.8, 4) is 23.0 Å². The van der Waals surface area contributed by atoms with E-state index in [4.69, 9.17) is 9.15 Å². The standard InChI is InChI=1S/C24H20N6O4/c1-13-8-15(4-7-20(13)34-16-5-6-19-18(9-16)27-12-30(19)3)28-22-17(10-25-11-26-22)23-29-21(24(31)32)14(2)33-23/h4-12H,1-3H3,(H,31,32)(H,25,26,28). The molecule has 34 heavy (non-hydrogen) atoms. The molecule has 5 rings (SSSR count). The van der Waals surface area contributed by atoms with E-state index < -0.39 is 5.97 Å². The maximum absolute atomic E-state index is 11.3. The molecule has 0 bridgehead atoms. The van der Waals surface area contributed by atoms with Gasteiger partial charge in [0.2, 0.25) is 5.89 Å². The van der Waals surface area contributed by atoms with Crippen LogP contribution in [-0.2, 0) is 7.05 Å². The molecule has 2 N–H and O–H groups in total. The van der Waals surface area contributed by atoms with Gasteiger partial charge in [0, 0.05) is 25.0 Å². The van der Waals surface area contributed by atoms with E-state index in [0.717, 1.165) is 22.3 Å². The lowest BCUT2D eigenvalue weighted by molar-refractivity contribution is 0.0689. The molecule has 170 valence electrons. The third-order valence-electron chi connectivity index (χ3n) is 5.30. The third kappa shape index (κ3) is 3.92. The van der Waals surface area contributed by atoms with Crippen LogP contribution in [0.25, 0.3) is 22.5 Å². The van der Waals surface area contributed by atoms with Gasteiger partial charge < -0.3 is 24.1 Å². The Kier molecular flexibility index (Phi) is 5.17. The number of nitrogens with one attached hydrogen (secondary N) is 1. The van der Waals surface area contributed by atoms with Crippen molar-refractivity contribution < 1.29 is 19.1 Å². The van der Waals surface area contributed by atoms with E-state index in [-0.39, 0.29) is 17.3 Å². The number of ether oxygens (including phenoxy) is 1. The van der Waals surface area contributed by atoms with E-state index in [2.05, 4.69) is 25.3 Å². The average molecular weight is 456 g/mol. The van der Waals surface area contributed by atoms with Gasteiger partial charge in [0.05, 0.1) is 22.9 Å². The van der Waals surface area contributed by atoms with Gasteiger partial charge in [0.15, 0.2) is 5.69 Å². The molecular formula is C24H20N6O4. The summed E-state index contributed by atoms with van der Waals surface area (Å²) in [6, 6.07) is 11.4. The lowest BCUT2D eigenvalue weighted by Crippen LogP contribution is -2.00. The summed E-state index contributed by atoms with van der Waals surface area (Å²) in [6.07, 6.45) is 4.67. The van der Waals surface area contributed by atoms with Crippen molar-refractivity contribution in [3.63, 3.8) is 0 Å². The minimum atomic E-state index is -1.16. The molecule has 0 unspecified atom stereocenters. The summed E-state index contributed by atoms with van der Waals surface area (Å²) in [4.78, 5) is 28.1. The number of carbonyl (C=O) groups is 1. The van der Waals surface area contributed by atoms with Gasteiger partial charge in [-0.3, -0.25) is 0 Å². The van der Waals surface area contributed by atoms with E-state index >= 15 is 0 Å². The minimum absolute atomic E-state index is 0.125. The van der Waals surface area contributed by atoms with Crippen LogP contribution in [0, 0.1) is 13.8 Å². The predicted octanol–water partition coefficient (Wildman–Crippen LogP) is 4.87. The third-order valence-corrected chi connectivity index (χ3v) is 5.30. The second-order valence-electron chi connectivity index (χ2n) is 7.73. The highest BCUT2D eigenvalue weighted by atomic mass is 16.5. The number of benzene rings is 2. The van der Waals surface area contributed by atoms with Crippen molar-refractivity contribution in [1.82, 2.24) is 24.5 Å². The number of hydrogen-bond acceptors (Lipinski definition) is 8. The molecule has 2 aromatic carbocycles. The number of aromatic carboxylic acids is 1. The SMILES string of the molecule is Cc1cc(Nc2ncncc2-c2nc(C(=O)O)c(C)o2)ccc1Oc1ccc2c(c1)ncn2C. The Morgan fingerprint density at radius 1 is 1.15 bits per heavy atom. The van der Waals surface area contributed by atoms with Gasteiger partial charge >= 0.3 is 5.97 Å². The Morgan fingerprint density at radius 2 is 2.00 bits per heavy atom.